The van der Waals surface area contributed by atoms with Gasteiger partial charge in [0.2, 0.25) is 0 Å². The van der Waals surface area contributed by atoms with Crippen LogP contribution in [-0.2, 0) is 6.54 Å². The van der Waals surface area contributed by atoms with Crippen molar-refractivity contribution < 1.29 is 9.47 Å². The predicted octanol–water partition coefficient (Wildman–Crippen LogP) is 4.62. The molecule has 2 aromatic heterocycles. The minimum atomic E-state index is 0.332. The van der Waals surface area contributed by atoms with Crippen molar-refractivity contribution in [1.29, 1.82) is 0 Å². The van der Waals surface area contributed by atoms with Gasteiger partial charge < -0.3 is 14.0 Å². The first-order valence-corrected chi connectivity index (χ1v) is 10.3. The lowest BCUT2D eigenvalue weighted by Crippen LogP contribution is -2.03. The third-order valence-electron chi connectivity index (χ3n) is 4.66. The van der Waals surface area contributed by atoms with Crippen LogP contribution in [0.25, 0.3) is 22.1 Å². The molecule has 30 heavy (non-hydrogen) atoms. The van der Waals surface area contributed by atoms with Gasteiger partial charge in [0.25, 0.3) is 5.95 Å². The van der Waals surface area contributed by atoms with Gasteiger partial charge in [0.1, 0.15) is 5.52 Å². The number of halogens is 1. The second-order valence-corrected chi connectivity index (χ2v) is 7.44. The number of rotatable bonds is 7. The SMILES string of the molecule is CCCn1c2ccccc2c2nnc(N/N=C/c3cc(Br)c(OC)c(OC)c3)nc21. The summed E-state index contributed by atoms with van der Waals surface area (Å²) in [4.78, 5) is 4.65. The average molecular weight is 469 g/mol. The highest BCUT2D eigenvalue weighted by Gasteiger charge is 2.14. The van der Waals surface area contributed by atoms with Crippen LogP contribution in [0.15, 0.2) is 46.0 Å². The van der Waals surface area contributed by atoms with Crippen LogP contribution >= 0.6 is 15.9 Å². The number of benzene rings is 2. The van der Waals surface area contributed by atoms with Crippen molar-refractivity contribution in [3.63, 3.8) is 0 Å². The van der Waals surface area contributed by atoms with E-state index in [0.717, 1.165) is 45.1 Å². The van der Waals surface area contributed by atoms with Crippen molar-refractivity contribution in [2.75, 3.05) is 19.6 Å². The maximum atomic E-state index is 5.36. The zero-order chi connectivity index (χ0) is 21.1. The molecule has 0 saturated heterocycles. The number of ether oxygens (including phenoxy) is 2. The van der Waals surface area contributed by atoms with Gasteiger partial charge in [-0.1, -0.05) is 25.1 Å². The minimum Gasteiger partial charge on any atom is -0.493 e. The molecule has 4 aromatic rings. The quantitative estimate of drug-likeness (QED) is 0.314. The number of aromatic nitrogens is 4. The number of fused-ring (bicyclic) bond motifs is 3. The summed E-state index contributed by atoms with van der Waals surface area (Å²) in [5.41, 5.74) is 6.37. The second kappa shape index (κ2) is 8.66. The monoisotopic (exact) mass is 468 g/mol. The number of methoxy groups -OCH3 is 2. The van der Waals surface area contributed by atoms with E-state index in [-0.39, 0.29) is 0 Å². The molecule has 0 aliphatic heterocycles. The molecule has 0 radical (unpaired) electrons. The van der Waals surface area contributed by atoms with Gasteiger partial charge in [-0.15, -0.1) is 10.2 Å². The summed E-state index contributed by atoms with van der Waals surface area (Å²) in [7, 11) is 3.18. The predicted molar refractivity (Wildman–Crippen MR) is 122 cm³/mol. The smallest absolute Gasteiger partial charge is 0.265 e. The lowest BCUT2D eigenvalue weighted by Gasteiger charge is -2.10. The van der Waals surface area contributed by atoms with Gasteiger partial charge in [-0.2, -0.15) is 10.1 Å². The number of nitrogens with zero attached hydrogens (tertiary/aromatic N) is 5. The Hall–Kier alpha value is -3.20. The molecule has 9 heteroatoms. The van der Waals surface area contributed by atoms with Crippen LogP contribution < -0.4 is 14.9 Å². The van der Waals surface area contributed by atoms with Crippen molar-refractivity contribution in [3.8, 4) is 11.5 Å². The van der Waals surface area contributed by atoms with Crippen LogP contribution in [0.1, 0.15) is 18.9 Å². The van der Waals surface area contributed by atoms with Gasteiger partial charge in [0.05, 0.1) is 30.4 Å². The third-order valence-corrected chi connectivity index (χ3v) is 5.24. The van der Waals surface area contributed by atoms with Gasteiger partial charge >= 0.3 is 0 Å². The van der Waals surface area contributed by atoms with Crippen molar-refractivity contribution in [2.45, 2.75) is 19.9 Å². The summed E-state index contributed by atoms with van der Waals surface area (Å²) in [6.07, 6.45) is 2.65. The molecule has 2 heterocycles. The molecule has 0 spiro atoms. The largest absolute Gasteiger partial charge is 0.493 e. The van der Waals surface area contributed by atoms with E-state index >= 15 is 0 Å². The van der Waals surface area contributed by atoms with Crippen LogP contribution in [0, 0.1) is 0 Å². The Morgan fingerprint density at radius 1 is 1.17 bits per heavy atom. The Labute approximate surface area is 182 Å². The molecule has 0 amide bonds. The molecule has 2 aromatic carbocycles. The van der Waals surface area contributed by atoms with Gasteiger partial charge in [-0.05, 0) is 46.1 Å². The van der Waals surface area contributed by atoms with Crippen LogP contribution in [-0.4, -0.2) is 40.2 Å². The van der Waals surface area contributed by atoms with E-state index in [2.05, 4.69) is 59.2 Å². The molecule has 0 bridgehead atoms. The number of anilines is 1. The third kappa shape index (κ3) is 3.68. The molecule has 154 valence electrons. The van der Waals surface area contributed by atoms with Gasteiger partial charge in [-0.25, -0.2) is 5.43 Å². The highest BCUT2D eigenvalue weighted by atomic mass is 79.9. The Bertz CT molecular complexity index is 1240. The van der Waals surface area contributed by atoms with Gasteiger partial charge in [-0.3, -0.25) is 0 Å². The first-order chi connectivity index (χ1) is 14.7. The van der Waals surface area contributed by atoms with E-state index in [4.69, 9.17) is 9.47 Å². The van der Waals surface area contributed by atoms with Gasteiger partial charge in [0.15, 0.2) is 17.1 Å². The molecule has 0 atom stereocenters. The fourth-order valence-corrected chi connectivity index (χ4v) is 4.00. The van der Waals surface area contributed by atoms with Crippen molar-refractivity contribution in [1.82, 2.24) is 19.7 Å². The highest BCUT2D eigenvalue weighted by molar-refractivity contribution is 9.10. The zero-order valence-corrected chi connectivity index (χ0v) is 18.5. The molecule has 0 fully saturated rings. The molecule has 1 N–H and O–H groups in total. The van der Waals surface area contributed by atoms with E-state index in [9.17, 15) is 0 Å². The Morgan fingerprint density at radius 3 is 2.77 bits per heavy atom. The summed E-state index contributed by atoms with van der Waals surface area (Å²) < 4.78 is 13.6. The Morgan fingerprint density at radius 2 is 2.00 bits per heavy atom. The minimum absolute atomic E-state index is 0.332. The van der Waals surface area contributed by atoms with Crippen LogP contribution in [0.5, 0.6) is 11.5 Å². The standard InChI is InChI=1S/C21H21BrN6O2/c1-4-9-28-16-8-6-5-7-14(16)18-20(28)24-21(27-25-18)26-23-12-13-10-15(22)19(30-3)17(11-13)29-2/h5-8,10-12H,4,9H2,1-3H3,(H,24,26,27)/b23-12+. The fraction of sp³-hybridized carbons (Fsp3) is 0.238. The zero-order valence-electron chi connectivity index (χ0n) is 16.9. The van der Waals surface area contributed by atoms with Crippen LogP contribution in [0.2, 0.25) is 0 Å². The Balaban J connectivity index is 1.64. The van der Waals surface area contributed by atoms with Crippen LogP contribution in [0.4, 0.5) is 5.95 Å². The maximum absolute atomic E-state index is 5.36. The molecule has 0 saturated carbocycles. The molecule has 8 nitrogen and oxygen atoms in total. The molecule has 0 aliphatic rings. The van der Waals surface area contributed by atoms with Crippen molar-refractivity contribution in [2.24, 2.45) is 5.10 Å². The van der Waals surface area contributed by atoms with E-state index in [1.165, 1.54) is 0 Å². The van der Waals surface area contributed by atoms with E-state index < -0.39 is 0 Å². The lowest BCUT2D eigenvalue weighted by atomic mass is 10.2. The molecule has 0 aliphatic carbocycles. The number of hydrogen-bond donors (Lipinski definition) is 1. The molecular weight excluding hydrogens is 448 g/mol. The van der Waals surface area contributed by atoms with E-state index in [1.807, 2.05) is 30.3 Å². The first kappa shape index (κ1) is 20.1. The van der Waals surface area contributed by atoms with E-state index in [0.29, 0.717) is 17.4 Å². The second-order valence-electron chi connectivity index (χ2n) is 6.58. The van der Waals surface area contributed by atoms with Crippen molar-refractivity contribution >= 4 is 50.2 Å². The fourth-order valence-electron chi connectivity index (χ4n) is 3.38. The topological polar surface area (TPSA) is 86.5 Å². The number of hydrogen-bond acceptors (Lipinski definition) is 7. The van der Waals surface area contributed by atoms with E-state index in [1.54, 1.807) is 20.4 Å². The summed E-state index contributed by atoms with van der Waals surface area (Å²) in [5.74, 6) is 1.57. The number of hydrazone groups is 1. The molecule has 0 unspecified atom stereocenters. The van der Waals surface area contributed by atoms with Gasteiger partial charge in [0, 0.05) is 11.9 Å². The summed E-state index contributed by atoms with van der Waals surface area (Å²) in [5, 5.41) is 13.9. The summed E-state index contributed by atoms with van der Waals surface area (Å²) in [6.45, 7) is 2.99. The summed E-state index contributed by atoms with van der Waals surface area (Å²) in [6, 6.07) is 11.8. The highest BCUT2D eigenvalue weighted by Crippen LogP contribution is 2.35. The number of nitrogens with one attached hydrogen (secondary N) is 1. The normalized spacial score (nSPS) is 11.5. The average Bonchev–Trinajstić information content (AvgIpc) is 3.07. The lowest BCUT2D eigenvalue weighted by molar-refractivity contribution is 0.353. The van der Waals surface area contributed by atoms with Crippen molar-refractivity contribution in [3.05, 3.63) is 46.4 Å². The summed E-state index contributed by atoms with van der Waals surface area (Å²) >= 11 is 3.48. The van der Waals surface area contributed by atoms with Crippen LogP contribution in [0.3, 0.4) is 0 Å². The maximum Gasteiger partial charge on any atom is 0.265 e. The number of para-hydroxylation sites is 1. The first-order valence-electron chi connectivity index (χ1n) is 9.48. The Kier molecular flexibility index (Phi) is 5.80. The molecular formula is C21H21BrN6O2. The number of aryl methyl sites for hydroxylation is 1. The molecule has 4 rings (SSSR count).